The van der Waals surface area contributed by atoms with E-state index >= 15 is 0 Å². The molecule has 3 N–H and O–H groups in total. The first kappa shape index (κ1) is 18.2. The number of rotatable bonds is 4. The molecule has 4 aromatic heterocycles. The van der Waals surface area contributed by atoms with Crippen LogP contribution < -0.4 is 10.2 Å². The highest BCUT2D eigenvalue weighted by molar-refractivity contribution is 6.00. The molecule has 4 aromatic rings. The summed E-state index contributed by atoms with van der Waals surface area (Å²) in [4.78, 5) is 35.3. The molecule has 5 heterocycles. The molecule has 9 nitrogen and oxygen atoms in total. The Balaban J connectivity index is 1.60. The molecule has 0 radical (unpaired) electrons. The van der Waals surface area contributed by atoms with E-state index in [1.54, 1.807) is 18.5 Å². The number of aromatic amines is 1. The molecule has 2 fully saturated rings. The fraction of sp³-hybridized carbons (Fsp3) is 0.318. The number of nitrogens with zero attached hydrogens (tertiary/aromatic N) is 5. The molecule has 2 aliphatic rings. The third-order valence-electron chi connectivity index (χ3n) is 6.05. The van der Waals surface area contributed by atoms with Gasteiger partial charge in [0.25, 0.3) is 0 Å². The number of pyridine rings is 2. The van der Waals surface area contributed by atoms with Crippen molar-refractivity contribution in [2.45, 2.75) is 18.8 Å². The molecule has 1 aliphatic carbocycles. The summed E-state index contributed by atoms with van der Waals surface area (Å²) in [7, 11) is 0. The fourth-order valence-corrected chi connectivity index (χ4v) is 4.36. The van der Waals surface area contributed by atoms with Crippen molar-refractivity contribution >= 4 is 33.7 Å². The number of fused-ring (bicyclic) bond motifs is 2. The summed E-state index contributed by atoms with van der Waals surface area (Å²) >= 11 is 0. The maximum absolute atomic E-state index is 11.4. The third-order valence-corrected chi connectivity index (χ3v) is 6.05. The van der Waals surface area contributed by atoms with E-state index in [0.717, 1.165) is 48.5 Å². The van der Waals surface area contributed by atoms with Crippen molar-refractivity contribution < 1.29 is 9.90 Å². The third kappa shape index (κ3) is 3.09. The minimum absolute atomic E-state index is 0.0933. The molecule has 156 valence electrons. The Labute approximate surface area is 177 Å². The molecule has 0 bridgehead atoms. The number of aromatic carboxylic acids is 1. The van der Waals surface area contributed by atoms with Crippen LogP contribution in [0.2, 0.25) is 0 Å². The number of H-pyrrole nitrogens is 1. The number of carboxylic acids is 1. The molecule has 1 saturated carbocycles. The van der Waals surface area contributed by atoms with Gasteiger partial charge in [0.15, 0.2) is 5.82 Å². The normalized spacial score (nSPS) is 16.8. The van der Waals surface area contributed by atoms with Crippen LogP contribution in [0.25, 0.3) is 33.3 Å². The average Bonchev–Trinajstić information content (AvgIpc) is 3.55. The van der Waals surface area contributed by atoms with E-state index in [1.165, 1.54) is 18.4 Å². The number of hydrogen-bond acceptors (Lipinski definition) is 7. The zero-order valence-corrected chi connectivity index (χ0v) is 16.8. The lowest BCUT2D eigenvalue weighted by molar-refractivity contribution is 0.0691. The molecular formula is C22H21N7O2. The van der Waals surface area contributed by atoms with Crippen LogP contribution in [0.1, 0.15) is 34.8 Å². The summed E-state index contributed by atoms with van der Waals surface area (Å²) in [6, 6.07) is 3.43. The molecule has 0 aromatic carbocycles. The predicted molar refractivity (Wildman–Crippen MR) is 116 cm³/mol. The van der Waals surface area contributed by atoms with Crippen LogP contribution in [0.15, 0.2) is 30.7 Å². The quantitative estimate of drug-likeness (QED) is 0.465. The fourth-order valence-electron chi connectivity index (χ4n) is 4.36. The Morgan fingerprint density at radius 2 is 2.00 bits per heavy atom. The first-order valence-electron chi connectivity index (χ1n) is 10.5. The van der Waals surface area contributed by atoms with Crippen molar-refractivity contribution in [3.05, 3.63) is 42.0 Å². The summed E-state index contributed by atoms with van der Waals surface area (Å²) in [5.74, 6) is 0.995. The van der Waals surface area contributed by atoms with Crippen LogP contribution in [0.4, 0.5) is 5.82 Å². The smallest absolute Gasteiger partial charge is 0.352 e. The molecule has 6 rings (SSSR count). The second-order valence-corrected chi connectivity index (χ2v) is 8.11. The van der Waals surface area contributed by atoms with Gasteiger partial charge in [0.2, 0.25) is 0 Å². The molecule has 1 saturated heterocycles. The van der Waals surface area contributed by atoms with Crippen LogP contribution in [0.5, 0.6) is 0 Å². The van der Waals surface area contributed by atoms with Crippen LogP contribution in [-0.2, 0) is 0 Å². The van der Waals surface area contributed by atoms with Gasteiger partial charge in [0, 0.05) is 54.9 Å². The van der Waals surface area contributed by atoms with E-state index in [-0.39, 0.29) is 5.69 Å². The zero-order valence-electron chi connectivity index (χ0n) is 16.8. The zero-order chi connectivity index (χ0) is 20.9. The number of nitrogens with one attached hydrogen (secondary N) is 2. The molecule has 0 spiro atoms. The highest BCUT2D eigenvalue weighted by atomic mass is 16.4. The van der Waals surface area contributed by atoms with Crippen LogP contribution in [0, 0.1) is 0 Å². The highest BCUT2D eigenvalue weighted by Gasteiger charge is 2.29. The van der Waals surface area contributed by atoms with Gasteiger partial charge in [-0.2, -0.15) is 0 Å². The molecule has 0 atom stereocenters. The van der Waals surface area contributed by atoms with Gasteiger partial charge >= 0.3 is 5.97 Å². The van der Waals surface area contributed by atoms with E-state index in [0.29, 0.717) is 22.8 Å². The van der Waals surface area contributed by atoms with Crippen molar-refractivity contribution in [2.75, 3.05) is 31.1 Å². The number of anilines is 1. The second-order valence-electron chi connectivity index (χ2n) is 8.11. The monoisotopic (exact) mass is 415 g/mol. The minimum atomic E-state index is -1.02. The van der Waals surface area contributed by atoms with Gasteiger partial charge in [-0.1, -0.05) is 0 Å². The van der Waals surface area contributed by atoms with Crippen molar-refractivity contribution in [2.24, 2.45) is 0 Å². The molecule has 0 amide bonds. The van der Waals surface area contributed by atoms with E-state index in [9.17, 15) is 9.90 Å². The van der Waals surface area contributed by atoms with Gasteiger partial charge in [-0.05, 0) is 36.5 Å². The molecule has 0 unspecified atom stereocenters. The Morgan fingerprint density at radius 1 is 1.16 bits per heavy atom. The molecule has 31 heavy (non-hydrogen) atoms. The largest absolute Gasteiger partial charge is 0.477 e. The maximum Gasteiger partial charge on any atom is 0.352 e. The summed E-state index contributed by atoms with van der Waals surface area (Å²) < 4.78 is 0. The lowest BCUT2D eigenvalue weighted by Gasteiger charge is -2.30. The van der Waals surface area contributed by atoms with E-state index in [1.807, 2.05) is 12.3 Å². The topological polar surface area (TPSA) is 120 Å². The van der Waals surface area contributed by atoms with E-state index < -0.39 is 5.97 Å². The number of carbonyl (C=O) groups is 1. The van der Waals surface area contributed by atoms with Gasteiger partial charge in [0.1, 0.15) is 17.2 Å². The minimum Gasteiger partial charge on any atom is -0.477 e. The lowest BCUT2D eigenvalue weighted by atomic mass is 10.1. The standard InChI is InChI=1S/C22H21N7O2/c30-22(31)16-9-14-13(3-4-25-19(14)26-16)20-27-17-11-24-10-15(12-1-2-12)18(17)21(28-20)29-7-5-23-6-8-29/h3-4,9-12,23H,1-2,5-8H2,(H,25,26)(H,30,31). The molecule has 1 aliphatic heterocycles. The van der Waals surface area contributed by atoms with E-state index in [2.05, 4.69) is 25.2 Å². The first-order valence-corrected chi connectivity index (χ1v) is 10.5. The Kier molecular flexibility index (Phi) is 4.10. The SMILES string of the molecule is O=C(O)c1cc2c(-c3nc(N4CCNCC4)c4c(C5CC5)cncc4n3)ccnc2[nH]1. The predicted octanol–water partition coefficient (Wildman–Crippen LogP) is 2.55. The lowest BCUT2D eigenvalue weighted by Crippen LogP contribution is -2.44. The molecular weight excluding hydrogens is 394 g/mol. The number of carboxylic acid groups (broad SMARTS) is 1. The van der Waals surface area contributed by atoms with Gasteiger partial charge < -0.3 is 20.3 Å². The highest BCUT2D eigenvalue weighted by Crippen LogP contribution is 2.45. The van der Waals surface area contributed by atoms with Gasteiger partial charge in [-0.3, -0.25) is 4.98 Å². The second kappa shape index (κ2) is 6.98. The van der Waals surface area contributed by atoms with Crippen LogP contribution >= 0.6 is 0 Å². The summed E-state index contributed by atoms with van der Waals surface area (Å²) in [6.07, 6.45) is 7.77. The summed E-state index contributed by atoms with van der Waals surface area (Å²) in [6.45, 7) is 3.56. The van der Waals surface area contributed by atoms with Crippen molar-refractivity contribution in [1.29, 1.82) is 0 Å². The molecule has 9 heteroatoms. The van der Waals surface area contributed by atoms with Crippen molar-refractivity contribution in [1.82, 2.24) is 30.2 Å². The summed E-state index contributed by atoms with van der Waals surface area (Å²) in [5, 5.41) is 14.6. The van der Waals surface area contributed by atoms with Crippen LogP contribution in [0.3, 0.4) is 0 Å². The van der Waals surface area contributed by atoms with Gasteiger partial charge in [0.05, 0.1) is 11.7 Å². The maximum atomic E-state index is 11.4. The van der Waals surface area contributed by atoms with Crippen molar-refractivity contribution in [3.63, 3.8) is 0 Å². The van der Waals surface area contributed by atoms with Crippen molar-refractivity contribution in [3.8, 4) is 11.4 Å². The number of aromatic nitrogens is 5. The number of hydrogen-bond donors (Lipinski definition) is 3. The average molecular weight is 415 g/mol. The summed E-state index contributed by atoms with van der Waals surface area (Å²) in [5.41, 5.74) is 3.40. The first-order chi connectivity index (χ1) is 15.2. The Bertz CT molecular complexity index is 1320. The van der Waals surface area contributed by atoms with Gasteiger partial charge in [-0.25, -0.2) is 19.7 Å². The Morgan fingerprint density at radius 3 is 2.77 bits per heavy atom. The van der Waals surface area contributed by atoms with E-state index in [4.69, 9.17) is 9.97 Å². The van der Waals surface area contributed by atoms with Gasteiger partial charge in [-0.15, -0.1) is 0 Å². The Hall–Kier alpha value is -3.59. The van der Waals surface area contributed by atoms with Crippen LogP contribution in [-0.4, -0.2) is 62.2 Å². The number of piperazine rings is 1.